The molecule has 5 nitrogen and oxygen atoms in total. The number of methoxy groups -OCH3 is 2. The number of benzene rings is 2. The lowest BCUT2D eigenvalue weighted by molar-refractivity contribution is 0.249. The van der Waals surface area contributed by atoms with Gasteiger partial charge in [-0.15, -0.1) is 0 Å². The number of hydrogen-bond donors (Lipinski definition) is 2. The summed E-state index contributed by atoms with van der Waals surface area (Å²) in [7, 11) is 3.23. The molecule has 0 atom stereocenters. The average molecular weight is 356 g/mol. The molecule has 0 saturated heterocycles. The molecule has 0 aliphatic heterocycles. The molecule has 0 heterocycles. The predicted molar refractivity (Wildman–Crippen MR) is 106 cm³/mol. The summed E-state index contributed by atoms with van der Waals surface area (Å²) < 4.78 is 10.7. The molecule has 5 heteroatoms. The molecule has 2 aromatic rings. The van der Waals surface area contributed by atoms with Crippen LogP contribution in [0.3, 0.4) is 0 Å². The van der Waals surface area contributed by atoms with Gasteiger partial charge in [0.2, 0.25) is 0 Å². The van der Waals surface area contributed by atoms with Gasteiger partial charge in [-0.25, -0.2) is 4.79 Å². The zero-order chi connectivity index (χ0) is 19.3. The minimum absolute atomic E-state index is 0.221. The largest absolute Gasteiger partial charge is 0.493 e. The summed E-state index contributed by atoms with van der Waals surface area (Å²) in [5.41, 5.74) is 3.93. The number of ether oxygens (including phenoxy) is 2. The van der Waals surface area contributed by atoms with Crippen molar-refractivity contribution < 1.29 is 14.3 Å². The van der Waals surface area contributed by atoms with E-state index in [4.69, 9.17) is 9.47 Å². The Morgan fingerprint density at radius 3 is 2.27 bits per heavy atom. The van der Waals surface area contributed by atoms with Gasteiger partial charge in [-0.1, -0.05) is 26.0 Å². The molecule has 26 heavy (non-hydrogen) atoms. The van der Waals surface area contributed by atoms with Gasteiger partial charge in [-0.3, -0.25) is 0 Å². The molecule has 0 aliphatic carbocycles. The molecule has 0 unspecified atom stereocenters. The van der Waals surface area contributed by atoms with Gasteiger partial charge in [-0.2, -0.15) is 0 Å². The minimum atomic E-state index is -0.264. The van der Waals surface area contributed by atoms with E-state index in [-0.39, 0.29) is 11.4 Å². The van der Waals surface area contributed by atoms with Gasteiger partial charge in [0.15, 0.2) is 11.5 Å². The smallest absolute Gasteiger partial charge is 0.319 e. The number of amides is 2. The molecule has 2 aromatic carbocycles. The second-order valence-electron chi connectivity index (χ2n) is 7.06. The third kappa shape index (κ3) is 4.69. The average Bonchev–Trinajstić information content (AvgIpc) is 2.62. The lowest BCUT2D eigenvalue weighted by Gasteiger charge is -2.26. The van der Waals surface area contributed by atoms with Crippen molar-refractivity contribution in [2.45, 2.75) is 33.1 Å². The molecule has 0 saturated carbocycles. The van der Waals surface area contributed by atoms with E-state index in [2.05, 4.69) is 24.5 Å². The van der Waals surface area contributed by atoms with E-state index in [9.17, 15) is 4.79 Å². The van der Waals surface area contributed by atoms with Crippen LogP contribution in [0, 0.1) is 13.8 Å². The van der Waals surface area contributed by atoms with Crippen LogP contribution in [0.4, 0.5) is 10.5 Å². The van der Waals surface area contributed by atoms with Crippen molar-refractivity contribution in [1.29, 1.82) is 0 Å². The number of anilines is 1. The highest BCUT2D eigenvalue weighted by atomic mass is 16.5. The lowest BCUT2D eigenvalue weighted by atomic mass is 9.84. The van der Waals surface area contributed by atoms with Crippen LogP contribution in [-0.4, -0.2) is 26.8 Å². The van der Waals surface area contributed by atoms with Crippen LogP contribution in [0.15, 0.2) is 36.4 Å². The summed E-state index contributed by atoms with van der Waals surface area (Å²) in [6, 6.07) is 11.5. The molecular formula is C21H28N2O3. The van der Waals surface area contributed by atoms with E-state index >= 15 is 0 Å². The molecular weight excluding hydrogens is 328 g/mol. The topological polar surface area (TPSA) is 59.6 Å². The summed E-state index contributed by atoms with van der Waals surface area (Å²) >= 11 is 0. The van der Waals surface area contributed by atoms with Crippen LogP contribution in [0.1, 0.15) is 30.5 Å². The molecule has 2 amide bonds. The van der Waals surface area contributed by atoms with Crippen LogP contribution in [0.5, 0.6) is 11.5 Å². The second kappa shape index (κ2) is 8.13. The van der Waals surface area contributed by atoms with Gasteiger partial charge in [0.05, 0.1) is 14.2 Å². The van der Waals surface area contributed by atoms with Gasteiger partial charge in [0.25, 0.3) is 0 Å². The van der Waals surface area contributed by atoms with Crippen molar-refractivity contribution in [2.24, 2.45) is 0 Å². The van der Waals surface area contributed by atoms with E-state index < -0.39 is 0 Å². The molecule has 2 rings (SSSR count). The molecule has 0 aromatic heterocycles. The highest BCUT2D eigenvalue weighted by molar-refractivity contribution is 5.89. The van der Waals surface area contributed by atoms with Crippen LogP contribution < -0.4 is 20.1 Å². The van der Waals surface area contributed by atoms with Crippen molar-refractivity contribution in [2.75, 3.05) is 26.1 Å². The maximum absolute atomic E-state index is 12.2. The number of urea groups is 1. The Balaban J connectivity index is 2.02. The standard InChI is InChI=1S/C21H28N2O3/c1-14-7-9-17(11-15(14)2)23-20(24)22-13-21(3,4)16-8-10-18(25-5)19(12-16)26-6/h7-12H,13H2,1-6H3,(H2,22,23,24). The molecule has 0 aliphatic rings. The molecule has 0 bridgehead atoms. The Bertz CT molecular complexity index is 785. The van der Waals surface area contributed by atoms with Crippen molar-refractivity contribution in [3.8, 4) is 11.5 Å². The Kier molecular flexibility index (Phi) is 6.14. The number of carbonyl (C=O) groups excluding carboxylic acids is 1. The van der Waals surface area contributed by atoms with E-state index in [0.717, 1.165) is 16.8 Å². The van der Waals surface area contributed by atoms with Gasteiger partial charge < -0.3 is 20.1 Å². The van der Waals surface area contributed by atoms with E-state index in [0.29, 0.717) is 18.0 Å². The van der Waals surface area contributed by atoms with Crippen molar-refractivity contribution in [3.63, 3.8) is 0 Å². The molecule has 140 valence electrons. The fourth-order valence-electron chi connectivity index (χ4n) is 2.65. The fourth-order valence-corrected chi connectivity index (χ4v) is 2.65. The third-order valence-electron chi connectivity index (χ3n) is 4.62. The minimum Gasteiger partial charge on any atom is -0.493 e. The van der Waals surface area contributed by atoms with E-state index in [1.165, 1.54) is 5.56 Å². The molecule has 0 fully saturated rings. The summed E-state index contributed by atoms with van der Waals surface area (Å²) in [6.07, 6.45) is 0. The monoisotopic (exact) mass is 356 g/mol. The number of carbonyl (C=O) groups is 1. The van der Waals surface area contributed by atoms with Gasteiger partial charge >= 0.3 is 6.03 Å². The molecule has 0 radical (unpaired) electrons. The van der Waals surface area contributed by atoms with Crippen LogP contribution in [0.25, 0.3) is 0 Å². The zero-order valence-corrected chi connectivity index (χ0v) is 16.4. The van der Waals surface area contributed by atoms with Crippen LogP contribution in [0.2, 0.25) is 0 Å². The van der Waals surface area contributed by atoms with Crippen LogP contribution in [-0.2, 0) is 5.41 Å². The lowest BCUT2D eigenvalue weighted by Crippen LogP contribution is -2.39. The predicted octanol–water partition coefficient (Wildman–Crippen LogP) is 4.42. The second-order valence-corrected chi connectivity index (χ2v) is 7.06. The summed E-state index contributed by atoms with van der Waals surface area (Å²) in [5, 5.41) is 5.83. The van der Waals surface area contributed by atoms with E-state index in [1.807, 2.05) is 50.2 Å². The first-order chi connectivity index (χ1) is 12.3. The Morgan fingerprint density at radius 2 is 1.65 bits per heavy atom. The zero-order valence-electron chi connectivity index (χ0n) is 16.4. The summed E-state index contributed by atoms with van der Waals surface area (Å²) in [4.78, 5) is 12.2. The van der Waals surface area contributed by atoms with Crippen LogP contribution >= 0.6 is 0 Å². The SMILES string of the molecule is COc1ccc(C(C)(C)CNC(=O)Nc2ccc(C)c(C)c2)cc1OC. The highest BCUT2D eigenvalue weighted by Crippen LogP contribution is 2.32. The van der Waals surface area contributed by atoms with Crippen molar-refractivity contribution in [1.82, 2.24) is 5.32 Å². The molecule has 2 N–H and O–H groups in total. The maximum Gasteiger partial charge on any atom is 0.319 e. The third-order valence-corrected chi connectivity index (χ3v) is 4.62. The summed E-state index contributed by atoms with van der Waals surface area (Å²) in [5.74, 6) is 1.37. The Labute approximate surface area is 155 Å². The summed E-state index contributed by atoms with van der Waals surface area (Å²) in [6.45, 7) is 8.71. The van der Waals surface area contributed by atoms with Gasteiger partial charge in [0, 0.05) is 17.6 Å². The van der Waals surface area contributed by atoms with Crippen molar-refractivity contribution >= 4 is 11.7 Å². The first-order valence-corrected chi connectivity index (χ1v) is 8.61. The normalized spacial score (nSPS) is 11.0. The first kappa shape index (κ1) is 19.6. The highest BCUT2D eigenvalue weighted by Gasteiger charge is 2.23. The maximum atomic E-state index is 12.2. The number of hydrogen-bond acceptors (Lipinski definition) is 3. The number of nitrogens with one attached hydrogen (secondary N) is 2. The van der Waals surface area contributed by atoms with Gasteiger partial charge in [-0.05, 0) is 54.8 Å². The first-order valence-electron chi connectivity index (χ1n) is 8.61. The van der Waals surface area contributed by atoms with Gasteiger partial charge in [0.1, 0.15) is 0 Å². The quantitative estimate of drug-likeness (QED) is 0.805. The fraction of sp³-hybridized carbons (Fsp3) is 0.381. The van der Waals surface area contributed by atoms with E-state index in [1.54, 1.807) is 14.2 Å². The Morgan fingerprint density at radius 1 is 0.962 bits per heavy atom. The molecule has 0 spiro atoms. The number of aryl methyl sites for hydroxylation is 2. The number of rotatable bonds is 6. The van der Waals surface area contributed by atoms with Crippen molar-refractivity contribution in [3.05, 3.63) is 53.1 Å². The Hall–Kier alpha value is -2.69.